The molecule has 2 aliphatic rings. The van der Waals surface area contributed by atoms with E-state index in [-0.39, 0.29) is 35.8 Å². The summed E-state index contributed by atoms with van der Waals surface area (Å²) in [6.45, 7) is 4.75. The van der Waals surface area contributed by atoms with E-state index in [1.54, 1.807) is 28.3 Å². The van der Waals surface area contributed by atoms with Crippen LogP contribution in [-0.4, -0.2) is 76.5 Å². The fourth-order valence-corrected chi connectivity index (χ4v) is 5.64. The first kappa shape index (κ1) is 17.9. The van der Waals surface area contributed by atoms with E-state index in [4.69, 9.17) is 0 Å². The van der Waals surface area contributed by atoms with Crippen LogP contribution in [0.1, 0.15) is 20.3 Å². The van der Waals surface area contributed by atoms with Crippen LogP contribution in [0.4, 0.5) is 0 Å². The van der Waals surface area contributed by atoms with Gasteiger partial charge in [0.25, 0.3) is 0 Å². The first-order chi connectivity index (χ1) is 11.8. The van der Waals surface area contributed by atoms with Crippen molar-refractivity contribution < 1.29 is 18.0 Å². The molecule has 2 aliphatic heterocycles. The summed E-state index contributed by atoms with van der Waals surface area (Å²) in [4.78, 5) is 28.4. The Morgan fingerprint density at radius 2 is 1.72 bits per heavy atom. The van der Waals surface area contributed by atoms with Gasteiger partial charge in [-0.2, -0.15) is 5.10 Å². The van der Waals surface area contributed by atoms with E-state index in [0.29, 0.717) is 19.5 Å². The van der Waals surface area contributed by atoms with E-state index in [1.807, 2.05) is 13.8 Å². The normalized spacial score (nSPS) is 25.2. The number of aromatic nitrogens is 2. The lowest BCUT2D eigenvalue weighted by Crippen LogP contribution is -2.62. The summed E-state index contributed by atoms with van der Waals surface area (Å²) in [5, 5.41) is 4.03. The molecule has 0 spiro atoms. The molecule has 0 aliphatic carbocycles. The second-order valence-corrected chi connectivity index (χ2v) is 9.34. The number of piperazine rings is 1. The van der Waals surface area contributed by atoms with Crippen LogP contribution in [0.3, 0.4) is 0 Å². The molecular formula is C16H24N4O4S. The summed E-state index contributed by atoms with van der Waals surface area (Å²) in [5.74, 6) is -0.113. The van der Waals surface area contributed by atoms with E-state index in [1.165, 1.54) is 4.68 Å². The number of hydrogen-bond donors (Lipinski definition) is 0. The molecule has 9 heteroatoms. The summed E-state index contributed by atoms with van der Waals surface area (Å²) in [6.07, 6.45) is 3.69. The van der Waals surface area contributed by atoms with Crippen molar-refractivity contribution in [1.82, 2.24) is 19.6 Å². The van der Waals surface area contributed by atoms with Gasteiger partial charge in [-0.1, -0.05) is 13.8 Å². The van der Waals surface area contributed by atoms with Crippen LogP contribution in [0.5, 0.6) is 0 Å². The van der Waals surface area contributed by atoms with Gasteiger partial charge in [0, 0.05) is 31.9 Å². The SMILES string of the molecule is CC(C)CC(=O)N1CCN(C(=O)Cn2cccn2)[C@H]2CS(=O)(=O)C[C@H]21. The predicted molar refractivity (Wildman–Crippen MR) is 91.3 cm³/mol. The molecule has 2 amide bonds. The molecule has 0 radical (unpaired) electrons. The summed E-state index contributed by atoms with van der Waals surface area (Å²) >= 11 is 0. The molecule has 25 heavy (non-hydrogen) atoms. The van der Waals surface area contributed by atoms with E-state index < -0.39 is 21.9 Å². The van der Waals surface area contributed by atoms with Crippen LogP contribution in [0.15, 0.2) is 18.5 Å². The fraction of sp³-hybridized carbons (Fsp3) is 0.688. The quantitative estimate of drug-likeness (QED) is 0.732. The maximum absolute atomic E-state index is 12.6. The summed E-state index contributed by atoms with van der Waals surface area (Å²) in [5.41, 5.74) is 0. The van der Waals surface area contributed by atoms with E-state index in [2.05, 4.69) is 5.10 Å². The van der Waals surface area contributed by atoms with Gasteiger partial charge in [-0.3, -0.25) is 14.3 Å². The number of amides is 2. The Morgan fingerprint density at radius 3 is 2.24 bits per heavy atom. The highest BCUT2D eigenvalue weighted by Gasteiger charge is 2.49. The first-order valence-corrected chi connectivity index (χ1v) is 10.4. The smallest absolute Gasteiger partial charge is 0.244 e. The number of carbonyl (C=O) groups excluding carboxylic acids is 2. The molecule has 0 unspecified atom stereocenters. The van der Waals surface area contributed by atoms with Gasteiger partial charge in [-0.05, 0) is 12.0 Å². The molecular weight excluding hydrogens is 344 g/mol. The van der Waals surface area contributed by atoms with Crippen molar-refractivity contribution >= 4 is 21.7 Å². The highest BCUT2D eigenvalue weighted by molar-refractivity contribution is 7.91. The van der Waals surface area contributed by atoms with Crippen molar-refractivity contribution in [2.24, 2.45) is 5.92 Å². The second-order valence-electron chi connectivity index (χ2n) is 7.19. The standard InChI is InChI=1S/C16H24N4O4S/c1-12(2)8-15(21)19-6-7-20(14-11-25(23,24)10-13(14)19)16(22)9-18-5-3-4-17-18/h3-5,12-14H,6-11H2,1-2H3/t13-,14+/m1/s1. The molecule has 8 nitrogen and oxygen atoms in total. The Bertz CT molecular complexity index is 744. The van der Waals surface area contributed by atoms with Crippen molar-refractivity contribution in [2.45, 2.75) is 38.9 Å². The lowest BCUT2D eigenvalue weighted by atomic mass is 10.0. The lowest BCUT2D eigenvalue weighted by Gasteiger charge is -2.44. The first-order valence-electron chi connectivity index (χ1n) is 8.53. The maximum Gasteiger partial charge on any atom is 0.244 e. The van der Waals surface area contributed by atoms with Crippen LogP contribution < -0.4 is 0 Å². The van der Waals surface area contributed by atoms with E-state index in [9.17, 15) is 18.0 Å². The summed E-state index contributed by atoms with van der Waals surface area (Å²) < 4.78 is 25.9. The van der Waals surface area contributed by atoms with Gasteiger partial charge in [0.1, 0.15) is 6.54 Å². The number of sulfone groups is 1. The average molecular weight is 368 g/mol. The summed E-state index contributed by atoms with van der Waals surface area (Å²) in [7, 11) is -3.26. The zero-order valence-electron chi connectivity index (χ0n) is 14.5. The molecule has 3 heterocycles. The summed E-state index contributed by atoms with van der Waals surface area (Å²) in [6, 6.07) is 0.836. The molecule has 2 fully saturated rings. The number of hydrogen-bond acceptors (Lipinski definition) is 5. The van der Waals surface area contributed by atoms with Crippen LogP contribution in [0.2, 0.25) is 0 Å². The fourth-order valence-electron chi connectivity index (χ4n) is 3.66. The molecule has 138 valence electrons. The highest BCUT2D eigenvalue weighted by atomic mass is 32.2. The van der Waals surface area contributed by atoms with Crippen molar-refractivity contribution in [3.8, 4) is 0 Å². The maximum atomic E-state index is 12.6. The number of rotatable bonds is 4. The third-order valence-electron chi connectivity index (χ3n) is 4.76. The minimum Gasteiger partial charge on any atom is -0.335 e. The van der Waals surface area contributed by atoms with Gasteiger partial charge < -0.3 is 9.80 Å². The Kier molecular flexibility index (Phi) is 4.86. The van der Waals surface area contributed by atoms with Gasteiger partial charge in [0.2, 0.25) is 11.8 Å². The molecule has 1 aromatic heterocycles. The topological polar surface area (TPSA) is 92.6 Å². The molecule has 0 N–H and O–H groups in total. The zero-order chi connectivity index (χ0) is 18.2. The Labute approximate surface area is 147 Å². The highest BCUT2D eigenvalue weighted by Crippen LogP contribution is 2.28. The molecule has 0 aromatic carbocycles. The Hall–Kier alpha value is -1.90. The van der Waals surface area contributed by atoms with E-state index in [0.717, 1.165) is 0 Å². The zero-order valence-corrected chi connectivity index (χ0v) is 15.4. The monoisotopic (exact) mass is 368 g/mol. The predicted octanol–water partition coefficient (Wildman–Crippen LogP) is -0.234. The number of nitrogens with zero attached hydrogens (tertiary/aromatic N) is 4. The van der Waals surface area contributed by atoms with Crippen LogP contribution in [0.25, 0.3) is 0 Å². The third kappa shape index (κ3) is 3.86. The van der Waals surface area contributed by atoms with Crippen LogP contribution >= 0.6 is 0 Å². The van der Waals surface area contributed by atoms with Crippen LogP contribution in [-0.2, 0) is 26.0 Å². The van der Waals surface area contributed by atoms with Gasteiger partial charge in [-0.15, -0.1) is 0 Å². The average Bonchev–Trinajstić information content (AvgIpc) is 3.10. The molecule has 0 bridgehead atoms. The molecule has 0 saturated carbocycles. The molecule has 3 rings (SSSR count). The second kappa shape index (κ2) is 6.78. The minimum atomic E-state index is -3.26. The van der Waals surface area contributed by atoms with Gasteiger partial charge in [0.15, 0.2) is 9.84 Å². The van der Waals surface area contributed by atoms with Gasteiger partial charge >= 0.3 is 0 Å². The third-order valence-corrected chi connectivity index (χ3v) is 6.45. The molecule has 1 aromatic rings. The van der Waals surface area contributed by atoms with E-state index >= 15 is 0 Å². The largest absolute Gasteiger partial charge is 0.335 e. The Balaban J connectivity index is 1.78. The van der Waals surface area contributed by atoms with Gasteiger partial charge in [0.05, 0.1) is 23.6 Å². The number of fused-ring (bicyclic) bond motifs is 1. The van der Waals surface area contributed by atoms with Gasteiger partial charge in [-0.25, -0.2) is 8.42 Å². The molecule has 2 saturated heterocycles. The lowest BCUT2D eigenvalue weighted by molar-refractivity contribution is -0.146. The van der Waals surface area contributed by atoms with Crippen molar-refractivity contribution in [3.63, 3.8) is 0 Å². The Morgan fingerprint density at radius 1 is 1.12 bits per heavy atom. The number of carbonyl (C=O) groups is 2. The van der Waals surface area contributed by atoms with Crippen molar-refractivity contribution in [3.05, 3.63) is 18.5 Å². The van der Waals surface area contributed by atoms with Crippen molar-refractivity contribution in [1.29, 1.82) is 0 Å². The molecule has 2 atom stereocenters. The minimum absolute atomic E-state index is 0.0266. The van der Waals surface area contributed by atoms with Crippen LogP contribution in [0, 0.1) is 5.92 Å². The van der Waals surface area contributed by atoms with Crippen molar-refractivity contribution in [2.75, 3.05) is 24.6 Å².